The summed E-state index contributed by atoms with van der Waals surface area (Å²) in [4.78, 5) is 48.7. The smallest absolute Gasteiger partial charge is 0.331 e. The van der Waals surface area contributed by atoms with Gasteiger partial charge in [-0.1, -0.05) is 38.2 Å². The van der Waals surface area contributed by atoms with E-state index in [9.17, 15) is 19.2 Å². The van der Waals surface area contributed by atoms with E-state index in [4.69, 9.17) is 15.2 Å². The highest BCUT2D eigenvalue weighted by Gasteiger charge is 2.30. The zero-order chi connectivity index (χ0) is 26.0. The van der Waals surface area contributed by atoms with E-state index in [1.165, 1.54) is 6.08 Å². The maximum atomic E-state index is 13.0. The SMILES string of the molecule is CO[C@H]1C=CCCC=CC(=O)OC([C@H](C)C(=O)CCCC2CC(=O)NC(=O)C2)C(C)=C[C@@H](C)[C@@H]1N. The number of hydrogen-bond acceptors (Lipinski definition) is 7. The summed E-state index contributed by atoms with van der Waals surface area (Å²) in [5, 5.41) is 2.30. The highest BCUT2D eigenvalue weighted by Crippen LogP contribution is 2.25. The largest absolute Gasteiger partial charge is 0.454 e. The molecule has 0 saturated carbocycles. The van der Waals surface area contributed by atoms with E-state index < -0.39 is 18.0 Å². The van der Waals surface area contributed by atoms with Crippen LogP contribution in [-0.4, -0.2) is 48.9 Å². The molecule has 0 spiro atoms. The van der Waals surface area contributed by atoms with Gasteiger partial charge >= 0.3 is 5.97 Å². The van der Waals surface area contributed by atoms with Crippen molar-refractivity contribution in [2.24, 2.45) is 23.5 Å². The Bertz CT molecular complexity index is 846. The average Bonchev–Trinajstić information content (AvgIpc) is 2.79. The van der Waals surface area contributed by atoms with Crippen LogP contribution in [0, 0.1) is 17.8 Å². The number of nitrogens with one attached hydrogen (secondary N) is 1. The van der Waals surface area contributed by atoms with Crippen molar-refractivity contribution >= 4 is 23.6 Å². The molecule has 2 rings (SSSR count). The summed E-state index contributed by atoms with van der Waals surface area (Å²) in [5.41, 5.74) is 7.21. The lowest BCUT2D eigenvalue weighted by molar-refractivity contribution is -0.145. The monoisotopic (exact) mass is 488 g/mol. The number of rotatable bonds is 7. The first-order valence-electron chi connectivity index (χ1n) is 12.5. The van der Waals surface area contributed by atoms with E-state index in [2.05, 4.69) is 5.32 Å². The van der Waals surface area contributed by atoms with Gasteiger partial charge < -0.3 is 15.2 Å². The first-order chi connectivity index (χ1) is 16.6. The summed E-state index contributed by atoms with van der Waals surface area (Å²) in [6.07, 6.45) is 11.6. The molecule has 2 heterocycles. The molecule has 0 bridgehead atoms. The van der Waals surface area contributed by atoms with Gasteiger partial charge in [0.15, 0.2) is 0 Å². The van der Waals surface area contributed by atoms with Crippen LogP contribution < -0.4 is 11.1 Å². The molecule has 2 amide bonds. The van der Waals surface area contributed by atoms with Crippen LogP contribution in [0.1, 0.15) is 65.7 Å². The molecule has 0 aromatic rings. The Morgan fingerprint density at radius 1 is 1.20 bits per heavy atom. The van der Waals surface area contributed by atoms with E-state index >= 15 is 0 Å². The van der Waals surface area contributed by atoms with Gasteiger partial charge in [-0.25, -0.2) is 4.79 Å². The standard InChI is InChI=1S/C27H40N2O6/c1-17-14-18(2)27(35-25(33)13-8-6-5-7-12-22(34-4)26(17)28)19(3)21(30)11-9-10-20-15-23(31)29-24(32)16-20/h7-8,12-14,17,19-20,22,26-27H,5-6,9-11,15-16,28H2,1-4H3,(H,29,31,32)/t17-,19-,22+,26+,27?/m1/s1. The minimum Gasteiger partial charge on any atom is -0.454 e. The van der Waals surface area contributed by atoms with Crippen LogP contribution in [0.3, 0.4) is 0 Å². The van der Waals surface area contributed by atoms with Crippen LogP contribution in [0.2, 0.25) is 0 Å². The predicted octanol–water partition coefficient (Wildman–Crippen LogP) is 3.16. The van der Waals surface area contributed by atoms with Crippen LogP contribution in [-0.2, 0) is 28.7 Å². The average molecular weight is 489 g/mol. The topological polar surface area (TPSA) is 125 Å². The quantitative estimate of drug-likeness (QED) is 0.320. The van der Waals surface area contributed by atoms with Crippen LogP contribution in [0.25, 0.3) is 0 Å². The van der Waals surface area contributed by atoms with Crippen molar-refractivity contribution in [3.63, 3.8) is 0 Å². The number of imide groups is 1. The van der Waals surface area contributed by atoms with E-state index in [-0.39, 0.29) is 48.0 Å². The molecular formula is C27H40N2O6. The fourth-order valence-electron chi connectivity index (χ4n) is 4.66. The molecule has 2 aliphatic heterocycles. The van der Waals surface area contributed by atoms with Crippen LogP contribution in [0.4, 0.5) is 0 Å². The Hall–Kier alpha value is -2.58. The molecule has 194 valence electrons. The van der Waals surface area contributed by atoms with Gasteiger partial charge in [-0.2, -0.15) is 0 Å². The van der Waals surface area contributed by atoms with E-state index in [1.54, 1.807) is 20.1 Å². The molecule has 0 radical (unpaired) electrons. The molecule has 0 aliphatic carbocycles. The first kappa shape index (κ1) is 28.7. The van der Waals surface area contributed by atoms with Gasteiger partial charge in [-0.15, -0.1) is 0 Å². The van der Waals surface area contributed by atoms with Crippen LogP contribution in [0.15, 0.2) is 36.0 Å². The number of nitrogens with two attached hydrogens (primary N) is 1. The second-order valence-electron chi connectivity index (χ2n) is 9.71. The summed E-state index contributed by atoms with van der Waals surface area (Å²) in [5.74, 6) is -1.70. The first-order valence-corrected chi connectivity index (χ1v) is 12.5. The number of methoxy groups -OCH3 is 1. The fraction of sp³-hybridized carbons (Fsp3) is 0.630. The molecule has 8 nitrogen and oxygen atoms in total. The van der Waals surface area contributed by atoms with Gasteiger partial charge in [0.2, 0.25) is 11.8 Å². The van der Waals surface area contributed by atoms with Gasteiger partial charge in [0.05, 0.1) is 12.0 Å². The molecule has 1 unspecified atom stereocenters. The van der Waals surface area contributed by atoms with Crippen molar-refractivity contribution in [1.82, 2.24) is 5.32 Å². The highest BCUT2D eigenvalue weighted by atomic mass is 16.5. The molecule has 5 atom stereocenters. The Kier molecular flexibility index (Phi) is 11.5. The molecule has 0 aromatic carbocycles. The number of Topliss-reactive ketones (excluding diaryl/α,β-unsaturated/α-hetero) is 1. The second kappa shape index (κ2) is 14.1. The Balaban J connectivity index is 2.11. The summed E-state index contributed by atoms with van der Waals surface area (Å²) in [6, 6.07) is -0.303. The van der Waals surface area contributed by atoms with E-state index in [0.717, 1.165) is 12.0 Å². The predicted molar refractivity (Wildman–Crippen MR) is 133 cm³/mol. The van der Waals surface area contributed by atoms with Gasteiger partial charge in [0.25, 0.3) is 0 Å². The molecule has 2 aliphatic rings. The number of esters is 1. The molecule has 35 heavy (non-hydrogen) atoms. The van der Waals surface area contributed by atoms with Gasteiger partial charge in [0, 0.05) is 38.5 Å². The Labute approximate surface area is 208 Å². The number of piperidine rings is 1. The number of hydrogen-bond donors (Lipinski definition) is 2. The molecule has 1 saturated heterocycles. The summed E-state index contributed by atoms with van der Waals surface area (Å²) >= 11 is 0. The van der Waals surface area contributed by atoms with Crippen LogP contribution in [0.5, 0.6) is 0 Å². The van der Waals surface area contributed by atoms with Crippen molar-refractivity contribution in [3.05, 3.63) is 36.0 Å². The summed E-state index contributed by atoms with van der Waals surface area (Å²) in [7, 11) is 1.63. The maximum absolute atomic E-state index is 13.0. The van der Waals surface area contributed by atoms with Crippen molar-refractivity contribution in [2.45, 2.75) is 84.0 Å². The molecular weight excluding hydrogens is 448 g/mol. The van der Waals surface area contributed by atoms with Gasteiger partial charge in [0.1, 0.15) is 11.9 Å². The lowest BCUT2D eigenvalue weighted by atomic mass is 9.86. The lowest BCUT2D eigenvalue weighted by Crippen LogP contribution is -2.40. The van der Waals surface area contributed by atoms with Crippen molar-refractivity contribution in [2.75, 3.05) is 7.11 Å². The van der Waals surface area contributed by atoms with E-state index in [1.807, 2.05) is 32.1 Å². The zero-order valence-electron chi connectivity index (χ0n) is 21.3. The Morgan fingerprint density at radius 2 is 1.86 bits per heavy atom. The Morgan fingerprint density at radius 3 is 2.51 bits per heavy atom. The fourth-order valence-corrected chi connectivity index (χ4v) is 4.66. The molecule has 1 fully saturated rings. The summed E-state index contributed by atoms with van der Waals surface area (Å²) in [6.45, 7) is 5.60. The normalized spacial score (nSPS) is 28.0. The number of cyclic esters (lactones) is 1. The van der Waals surface area contributed by atoms with Crippen molar-refractivity contribution < 1.29 is 28.7 Å². The maximum Gasteiger partial charge on any atom is 0.331 e. The summed E-state index contributed by atoms with van der Waals surface area (Å²) < 4.78 is 11.3. The number of carbonyl (C=O) groups excluding carboxylic acids is 4. The third kappa shape index (κ3) is 9.18. The number of allylic oxidation sites excluding steroid dienone is 2. The minimum atomic E-state index is -0.712. The third-order valence-corrected chi connectivity index (χ3v) is 6.78. The van der Waals surface area contributed by atoms with Crippen LogP contribution >= 0.6 is 0 Å². The highest BCUT2D eigenvalue weighted by molar-refractivity contribution is 5.97. The second-order valence-corrected chi connectivity index (χ2v) is 9.71. The third-order valence-electron chi connectivity index (χ3n) is 6.78. The number of amides is 2. The number of ketones is 1. The lowest BCUT2D eigenvalue weighted by Gasteiger charge is -2.28. The molecule has 8 heteroatoms. The minimum absolute atomic E-state index is 0.0260. The van der Waals surface area contributed by atoms with Crippen molar-refractivity contribution in [1.29, 1.82) is 0 Å². The number of carbonyl (C=O) groups is 4. The molecule has 3 N–H and O–H groups in total. The van der Waals surface area contributed by atoms with Gasteiger partial charge in [-0.05, 0) is 50.0 Å². The zero-order valence-corrected chi connectivity index (χ0v) is 21.3. The van der Waals surface area contributed by atoms with Gasteiger partial charge in [-0.3, -0.25) is 19.7 Å². The van der Waals surface area contributed by atoms with Crippen molar-refractivity contribution in [3.8, 4) is 0 Å². The number of ether oxygens (including phenoxy) is 2. The van der Waals surface area contributed by atoms with E-state index in [0.29, 0.717) is 32.1 Å². The molecule has 0 aromatic heterocycles.